The molecule has 7 nitrogen and oxygen atoms in total. The number of rotatable bonds is 5. The summed E-state index contributed by atoms with van der Waals surface area (Å²) in [6, 6.07) is 7.96. The van der Waals surface area contributed by atoms with Crippen molar-refractivity contribution in [2.75, 3.05) is 42.3 Å². The Bertz CT molecular complexity index is 658. The predicted molar refractivity (Wildman–Crippen MR) is 94.5 cm³/mol. The van der Waals surface area contributed by atoms with Gasteiger partial charge in [0.25, 0.3) is 0 Å². The molecule has 22 heavy (non-hydrogen) atoms. The summed E-state index contributed by atoms with van der Waals surface area (Å²) in [5.74, 6) is 0. The van der Waals surface area contributed by atoms with Gasteiger partial charge in [-0.15, -0.1) is 4.85 Å². The molecule has 0 atom stereocenters. The van der Waals surface area contributed by atoms with Crippen LogP contribution in [0.1, 0.15) is 0 Å². The van der Waals surface area contributed by atoms with Crippen molar-refractivity contribution in [2.45, 2.75) is 0 Å². The minimum atomic E-state index is -2.04. The maximum atomic E-state index is 4.53. The summed E-state index contributed by atoms with van der Waals surface area (Å²) >= 11 is 1.51. The van der Waals surface area contributed by atoms with Gasteiger partial charge in [0, 0.05) is 0 Å². The summed E-state index contributed by atoms with van der Waals surface area (Å²) in [5, 5.41) is 8.91. The molecule has 120 valence electrons. The van der Waals surface area contributed by atoms with E-state index in [0.29, 0.717) is 5.13 Å². The van der Waals surface area contributed by atoms with Crippen LogP contribution in [0.4, 0.5) is 5.13 Å². The Balaban J connectivity index is 2.37. The Morgan fingerprint density at radius 3 is 2.09 bits per heavy atom. The third kappa shape index (κ3) is 3.26. The molecule has 2 rings (SSSR count). The predicted octanol–water partition coefficient (Wildman–Crippen LogP) is 3.93. The quantitative estimate of drug-likeness (QED) is 0.470. The molecule has 0 aliphatic carbocycles. The maximum absolute atomic E-state index is 4.53. The monoisotopic (exact) mass is 339 g/mol. The lowest BCUT2D eigenvalue weighted by Gasteiger charge is -2.39. The molecule has 0 aliphatic heterocycles. The van der Waals surface area contributed by atoms with Crippen molar-refractivity contribution in [3.05, 3.63) is 24.3 Å². The van der Waals surface area contributed by atoms with Crippen molar-refractivity contribution in [1.29, 1.82) is 0 Å². The van der Waals surface area contributed by atoms with E-state index in [1.165, 1.54) is 11.3 Å². The Hall–Kier alpha value is -1.18. The van der Waals surface area contributed by atoms with Crippen molar-refractivity contribution in [3.63, 3.8) is 0 Å². The molecule has 0 unspecified atom stereocenters. The lowest BCUT2D eigenvalue weighted by atomic mass is 10.3. The van der Waals surface area contributed by atoms with E-state index in [0.717, 1.165) is 10.2 Å². The SMILES string of the molecule is CN(C)P(=N/N=N/c1nc2ccccc2s1)(N(C)C)N(C)C. The minimum Gasteiger partial charge on any atom is -0.250 e. The maximum Gasteiger partial charge on any atom is 0.232 e. The van der Waals surface area contributed by atoms with Crippen LogP contribution in [-0.2, 0) is 0 Å². The molecule has 0 amide bonds. The Kier molecular flexibility index (Phi) is 5.41. The first-order chi connectivity index (χ1) is 10.4. The van der Waals surface area contributed by atoms with Gasteiger partial charge in [0.05, 0.1) is 10.2 Å². The largest absolute Gasteiger partial charge is 0.250 e. The highest BCUT2D eigenvalue weighted by Crippen LogP contribution is 2.54. The summed E-state index contributed by atoms with van der Waals surface area (Å²) in [6.45, 7) is 0. The van der Waals surface area contributed by atoms with Crippen LogP contribution in [0.15, 0.2) is 39.5 Å². The molecule has 0 fully saturated rings. The number of fused-ring (bicyclic) bond motifs is 1. The van der Waals surface area contributed by atoms with Crippen LogP contribution in [0.3, 0.4) is 0 Å². The Morgan fingerprint density at radius 1 is 0.955 bits per heavy atom. The van der Waals surface area contributed by atoms with E-state index in [2.05, 4.69) is 34.2 Å². The Morgan fingerprint density at radius 2 is 1.55 bits per heavy atom. The molecule has 0 bridgehead atoms. The van der Waals surface area contributed by atoms with E-state index in [9.17, 15) is 0 Å². The number of nitrogens with zero attached hydrogens (tertiary/aromatic N) is 7. The molecule has 1 aromatic carbocycles. The topological polar surface area (TPSA) is 59.7 Å². The second-order valence-electron chi connectivity index (χ2n) is 5.32. The molecular formula is C13H22N7PS. The van der Waals surface area contributed by atoms with E-state index in [1.807, 2.05) is 66.6 Å². The number of hydrogen-bond acceptors (Lipinski definition) is 3. The molecule has 0 N–H and O–H groups in total. The van der Waals surface area contributed by atoms with E-state index < -0.39 is 7.51 Å². The van der Waals surface area contributed by atoms with Gasteiger partial charge in [-0.25, -0.2) is 4.98 Å². The molecule has 0 saturated heterocycles. The fourth-order valence-electron chi connectivity index (χ4n) is 2.33. The molecule has 0 radical (unpaired) electrons. The highest BCUT2D eigenvalue weighted by molar-refractivity contribution is 7.58. The van der Waals surface area contributed by atoms with E-state index >= 15 is 0 Å². The number of hydrogen-bond donors (Lipinski definition) is 0. The van der Waals surface area contributed by atoms with Crippen molar-refractivity contribution < 1.29 is 0 Å². The van der Waals surface area contributed by atoms with Crippen molar-refractivity contribution in [2.24, 2.45) is 15.2 Å². The standard InChI is InChI=1S/C13H22N7PS/c1-18(2)21(19(3)4,20(5)6)17-16-15-13-14-11-9-7-8-10-12(11)22-13/h7-10H,1-6H3/b16-15+. The second-order valence-corrected chi connectivity index (χ2v) is 9.98. The van der Waals surface area contributed by atoms with E-state index in [4.69, 9.17) is 0 Å². The second kappa shape index (κ2) is 6.93. The van der Waals surface area contributed by atoms with Crippen LogP contribution < -0.4 is 0 Å². The van der Waals surface area contributed by atoms with Crippen LogP contribution in [-0.4, -0.2) is 61.3 Å². The van der Waals surface area contributed by atoms with Crippen LogP contribution in [0.5, 0.6) is 0 Å². The van der Waals surface area contributed by atoms with Gasteiger partial charge in [-0.2, -0.15) is 0 Å². The summed E-state index contributed by atoms with van der Waals surface area (Å²) in [4.78, 5) is 8.97. The third-order valence-corrected chi connectivity index (χ3v) is 7.64. The number of thiazole rings is 1. The average molecular weight is 339 g/mol. The fraction of sp³-hybridized carbons (Fsp3) is 0.462. The minimum absolute atomic E-state index is 0.624. The lowest BCUT2D eigenvalue weighted by molar-refractivity contribution is 0.471. The normalized spacial score (nSPS) is 13.1. The summed E-state index contributed by atoms with van der Waals surface area (Å²) < 4.78 is 7.37. The van der Waals surface area contributed by atoms with Gasteiger partial charge in [0.2, 0.25) is 5.13 Å². The first-order valence-electron chi connectivity index (χ1n) is 6.79. The molecule has 0 aliphatic rings. The highest BCUT2D eigenvalue weighted by Gasteiger charge is 2.28. The summed E-state index contributed by atoms with van der Waals surface area (Å²) in [5.41, 5.74) is 0.940. The first kappa shape index (κ1) is 17.2. The molecule has 1 aromatic heterocycles. The third-order valence-electron chi connectivity index (χ3n) is 3.18. The first-order valence-corrected chi connectivity index (χ1v) is 9.21. The summed E-state index contributed by atoms with van der Waals surface area (Å²) in [6.07, 6.45) is 0. The van der Waals surface area contributed by atoms with Gasteiger partial charge >= 0.3 is 0 Å². The number of benzene rings is 1. The highest BCUT2D eigenvalue weighted by atomic mass is 32.1. The zero-order valence-electron chi connectivity index (χ0n) is 13.8. The molecule has 1 heterocycles. The van der Waals surface area contributed by atoms with Gasteiger partial charge < -0.3 is 0 Å². The van der Waals surface area contributed by atoms with Crippen LogP contribution >= 0.6 is 18.8 Å². The smallest absolute Gasteiger partial charge is 0.232 e. The van der Waals surface area contributed by atoms with E-state index in [1.54, 1.807) is 0 Å². The zero-order valence-corrected chi connectivity index (χ0v) is 15.5. The van der Waals surface area contributed by atoms with Crippen molar-refractivity contribution in [3.8, 4) is 0 Å². The van der Waals surface area contributed by atoms with Crippen molar-refractivity contribution >= 4 is 34.2 Å². The molecule has 0 spiro atoms. The Labute approximate surface area is 135 Å². The van der Waals surface area contributed by atoms with Crippen LogP contribution in [0.2, 0.25) is 0 Å². The lowest BCUT2D eigenvalue weighted by Crippen LogP contribution is -2.30. The van der Waals surface area contributed by atoms with E-state index in [-0.39, 0.29) is 0 Å². The van der Waals surface area contributed by atoms with Crippen LogP contribution in [0, 0.1) is 0 Å². The molecule has 2 aromatic rings. The fourth-order valence-corrected chi connectivity index (χ4v) is 5.88. The van der Waals surface area contributed by atoms with Gasteiger partial charge in [0.1, 0.15) is 0 Å². The van der Waals surface area contributed by atoms with Crippen molar-refractivity contribution in [1.82, 2.24) is 19.0 Å². The van der Waals surface area contributed by atoms with Gasteiger partial charge in [-0.1, -0.05) is 28.6 Å². The number of para-hydroxylation sites is 1. The molecule has 9 heteroatoms. The molecular weight excluding hydrogens is 317 g/mol. The summed E-state index contributed by atoms with van der Waals surface area (Å²) in [7, 11) is 9.98. The van der Waals surface area contributed by atoms with Gasteiger partial charge in [-0.05, 0) is 59.6 Å². The number of aromatic nitrogens is 1. The van der Waals surface area contributed by atoms with Gasteiger partial charge in [0.15, 0.2) is 7.51 Å². The van der Waals surface area contributed by atoms with Crippen LogP contribution in [0.25, 0.3) is 10.2 Å². The van der Waals surface area contributed by atoms with Gasteiger partial charge in [-0.3, -0.25) is 14.0 Å². The molecule has 0 saturated carbocycles. The average Bonchev–Trinajstić information content (AvgIpc) is 2.84. The zero-order chi connectivity index (χ0) is 16.3.